The van der Waals surface area contributed by atoms with E-state index in [1.807, 2.05) is 25.1 Å². The summed E-state index contributed by atoms with van der Waals surface area (Å²) in [5.74, 6) is 1.21. The van der Waals surface area contributed by atoms with Crippen molar-refractivity contribution in [2.24, 2.45) is 5.73 Å². The van der Waals surface area contributed by atoms with Crippen LogP contribution in [0.3, 0.4) is 0 Å². The molecule has 0 aliphatic carbocycles. The van der Waals surface area contributed by atoms with Crippen LogP contribution < -0.4 is 10.5 Å². The smallest absolute Gasteiger partial charge is 0.175 e. The molecule has 0 bridgehead atoms. The van der Waals surface area contributed by atoms with Crippen molar-refractivity contribution < 1.29 is 13.2 Å². The predicted octanol–water partition coefficient (Wildman–Crippen LogP) is 3.66. The summed E-state index contributed by atoms with van der Waals surface area (Å²) in [5, 5.41) is 0. The van der Waals surface area contributed by atoms with Gasteiger partial charge in [0.25, 0.3) is 0 Å². The van der Waals surface area contributed by atoms with Crippen LogP contribution in [0.2, 0.25) is 0 Å². The molecule has 0 saturated heterocycles. The van der Waals surface area contributed by atoms with Gasteiger partial charge in [-0.3, -0.25) is 0 Å². The first-order chi connectivity index (χ1) is 9.77. The van der Waals surface area contributed by atoms with Crippen molar-refractivity contribution >= 4 is 25.8 Å². The van der Waals surface area contributed by atoms with Crippen LogP contribution >= 0.6 is 15.9 Å². The Morgan fingerprint density at radius 3 is 2.24 bits per heavy atom. The Balaban J connectivity index is 2.22. The maximum absolute atomic E-state index is 11.4. The number of sulfone groups is 1. The van der Waals surface area contributed by atoms with Gasteiger partial charge in [-0.2, -0.15) is 0 Å². The van der Waals surface area contributed by atoms with Gasteiger partial charge in [0.05, 0.1) is 9.37 Å². The zero-order chi connectivity index (χ0) is 15.6. The number of rotatable bonds is 4. The Hall–Kier alpha value is -1.37. The van der Waals surface area contributed by atoms with E-state index >= 15 is 0 Å². The number of hydrogen-bond acceptors (Lipinski definition) is 4. The van der Waals surface area contributed by atoms with E-state index in [0.717, 1.165) is 10.0 Å². The normalized spacial score (nSPS) is 13.0. The monoisotopic (exact) mass is 369 g/mol. The molecule has 0 amide bonds. The summed E-state index contributed by atoms with van der Waals surface area (Å²) in [6.07, 6.45) is 1.17. The molecule has 0 spiro atoms. The van der Waals surface area contributed by atoms with Gasteiger partial charge in [0.1, 0.15) is 11.5 Å². The third-order valence-electron chi connectivity index (χ3n) is 2.96. The lowest BCUT2D eigenvalue weighted by molar-refractivity contribution is 0.478. The Morgan fingerprint density at radius 1 is 1.14 bits per heavy atom. The van der Waals surface area contributed by atoms with Crippen molar-refractivity contribution in [3.8, 4) is 11.5 Å². The molecule has 0 fully saturated rings. The molecule has 112 valence electrons. The van der Waals surface area contributed by atoms with Crippen LogP contribution in [-0.4, -0.2) is 14.7 Å². The highest BCUT2D eigenvalue weighted by molar-refractivity contribution is 9.10. The SMILES string of the molecule is CC(N)c1ccc(Oc2ccc(S(C)(=O)=O)cc2)c(Br)c1. The van der Waals surface area contributed by atoms with Gasteiger partial charge in [-0.25, -0.2) is 8.42 Å². The summed E-state index contributed by atoms with van der Waals surface area (Å²) >= 11 is 3.44. The summed E-state index contributed by atoms with van der Waals surface area (Å²) < 4.78 is 29.3. The van der Waals surface area contributed by atoms with E-state index < -0.39 is 9.84 Å². The van der Waals surface area contributed by atoms with E-state index in [-0.39, 0.29) is 10.9 Å². The summed E-state index contributed by atoms with van der Waals surface area (Å²) in [5.41, 5.74) is 6.83. The Morgan fingerprint density at radius 2 is 1.76 bits per heavy atom. The van der Waals surface area contributed by atoms with Crippen LogP contribution in [0.4, 0.5) is 0 Å². The molecule has 0 aliphatic rings. The summed E-state index contributed by atoms with van der Waals surface area (Å²) in [4.78, 5) is 0.265. The number of hydrogen-bond donors (Lipinski definition) is 1. The van der Waals surface area contributed by atoms with E-state index in [4.69, 9.17) is 10.5 Å². The molecule has 4 nitrogen and oxygen atoms in total. The molecule has 0 radical (unpaired) electrons. The van der Waals surface area contributed by atoms with Crippen molar-refractivity contribution in [1.29, 1.82) is 0 Å². The van der Waals surface area contributed by atoms with E-state index in [2.05, 4.69) is 15.9 Å². The first-order valence-electron chi connectivity index (χ1n) is 6.30. The van der Waals surface area contributed by atoms with Crippen molar-refractivity contribution in [2.75, 3.05) is 6.26 Å². The molecule has 0 aromatic heterocycles. The van der Waals surface area contributed by atoms with Gasteiger partial charge < -0.3 is 10.5 Å². The molecule has 0 heterocycles. The lowest BCUT2D eigenvalue weighted by Gasteiger charge is -2.11. The molecule has 1 unspecified atom stereocenters. The predicted molar refractivity (Wildman–Crippen MR) is 86.4 cm³/mol. The minimum Gasteiger partial charge on any atom is -0.456 e. The molecule has 6 heteroatoms. The van der Waals surface area contributed by atoms with Gasteiger partial charge in [0, 0.05) is 12.3 Å². The second-order valence-electron chi connectivity index (χ2n) is 4.82. The van der Waals surface area contributed by atoms with Crippen molar-refractivity contribution in [3.63, 3.8) is 0 Å². The zero-order valence-corrected chi connectivity index (χ0v) is 14.1. The fourth-order valence-corrected chi connectivity index (χ4v) is 2.87. The van der Waals surface area contributed by atoms with Crippen LogP contribution in [0.5, 0.6) is 11.5 Å². The molecular formula is C15H16BrNO3S. The fraction of sp³-hybridized carbons (Fsp3) is 0.200. The summed E-state index contributed by atoms with van der Waals surface area (Å²) in [6.45, 7) is 1.91. The summed E-state index contributed by atoms with van der Waals surface area (Å²) in [7, 11) is -3.19. The van der Waals surface area contributed by atoms with E-state index in [9.17, 15) is 8.42 Å². The second kappa shape index (κ2) is 6.17. The molecule has 0 aliphatic heterocycles. The van der Waals surface area contributed by atoms with Crippen LogP contribution in [0.25, 0.3) is 0 Å². The zero-order valence-electron chi connectivity index (χ0n) is 11.7. The van der Waals surface area contributed by atoms with E-state index in [1.54, 1.807) is 12.1 Å². The average molecular weight is 370 g/mol. The highest BCUT2D eigenvalue weighted by Gasteiger charge is 2.09. The Kier molecular flexibility index (Phi) is 4.70. The Bertz CT molecular complexity index is 740. The second-order valence-corrected chi connectivity index (χ2v) is 7.69. The van der Waals surface area contributed by atoms with Crippen LogP contribution in [-0.2, 0) is 9.84 Å². The standard InChI is InChI=1S/C15H16BrNO3S/c1-10(17)11-3-8-15(14(16)9-11)20-12-4-6-13(7-5-12)21(2,18)19/h3-10H,17H2,1-2H3. The van der Waals surface area contributed by atoms with Gasteiger partial charge in [-0.1, -0.05) is 6.07 Å². The third kappa shape index (κ3) is 4.06. The quantitative estimate of drug-likeness (QED) is 0.892. The van der Waals surface area contributed by atoms with E-state index in [0.29, 0.717) is 11.5 Å². The highest BCUT2D eigenvalue weighted by Crippen LogP contribution is 2.32. The first kappa shape index (κ1) is 16.0. The molecule has 2 aromatic carbocycles. The Labute approximate surface area is 133 Å². The van der Waals surface area contributed by atoms with Crippen LogP contribution in [0, 0.1) is 0 Å². The van der Waals surface area contributed by atoms with Crippen molar-refractivity contribution in [3.05, 3.63) is 52.5 Å². The van der Waals surface area contributed by atoms with Gasteiger partial charge >= 0.3 is 0 Å². The van der Waals surface area contributed by atoms with Crippen LogP contribution in [0.15, 0.2) is 51.8 Å². The third-order valence-corrected chi connectivity index (χ3v) is 4.71. The first-order valence-corrected chi connectivity index (χ1v) is 8.99. The largest absolute Gasteiger partial charge is 0.456 e. The van der Waals surface area contributed by atoms with Gasteiger partial charge in [-0.05, 0) is 64.8 Å². The number of ether oxygens (including phenoxy) is 1. The number of benzene rings is 2. The molecule has 1 atom stereocenters. The van der Waals surface area contributed by atoms with Crippen LogP contribution in [0.1, 0.15) is 18.5 Å². The fourth-order valence-electron chi connectivity index (χ4n) is 1.76. The molecule has 2 aromatic rings. The molecule has 0 saturated carbocycles. The maximum Gasteiger partial charge on any atom is 0.175 e. The molecular weight excluding hydrogens is 354 g/mol. The van der Waals surface area contributed by atoms with Gasteiger partial charge in [-0.15, -0.1) is 0 Å². The van der Waals surface area contributed by atoms with E-state index in [1.165, 1.54) is 18.4 Å². The average Bonchev–Trinajstić information content (AvgIpc) is 2.40. The van der Waals surface area contributed by atoms with Gasteiger partial charge in [0.15, 0.2) is 9.84 Å². The minimum absolute atomic E-state index is 0.0515. The maximum atomic E-state index is 11.4. The molecule has 2 rings (SSSR count). The number of nitrogens with two attached hydrogens (primary N) is 1. The lowest BCUT2D eigenvalue weighted by Crippen LogP contribution is -2.04. The molecule has 2 N–H and O–H groups in total. The highest BCUT2D eigenvalue weighted by atomic mass is 79.9. The topological polar surface area (TPSA) is 69.4 Å². The summed E-state index contributed by atoms with van der Waals surface area (Å²) in [6, 6.07) is 11.9. The lowest BCUT2D eigenvalue weighted by atomic mass is 10.1. The number of halogens is 1. The molecule has 21 heavy (non-hydrogen) atoms. The van der Waals surface area contributed by atoms with Crippen molar-refractivity contribution in [1.82, 2.24) is 0 Å². The van der Waals surface area contributed by atoms with Gasteiger partial charge in [0.2, 0.25) is 0 Å². The minimum atomic E-state index is -3.19. The van der Waals surface area contributed by atoms with Crippen molar-refractivity contribution in [2.45, 2.75) is 17.9 Å².